The van der Waals surface area contributed by atoms with Crippen LogP contribution in [-0.2, 0) is 14.1 Å². The van der Waals surface area contributed by atoms with E-state index in [1.807, 2.05) is 0 Å². The van der Waals surface area contributed by atoms with E-state index in [2.05, 4.69) is 19.7 Å². The monoisotopic (exact) mass is 577 g/mol. The number of nitriles is 1. The summed E-state index contributed by atoms with van der Waals surface area (Å²) in [5, 5.41) is 15.2. The van der Waals surface area contributed by atoms with Crippen LogP contribution in [0.1, 0.15) is 27.3 Å². The van der Waals surface area contributed by atoms with Crippen molar-refractivity contribution in [1.29, 1.82) is 5.26 Å². The Balaban J connectivity index is 0.000000380. The topological polar surface area (TPSA) is 95.0 Å². The first-order valence-corrected chi connectivity index (χ1v) is 9.48. The van der Waals surface area contributed by atoms with Crippen molar-refractivity contribution in [3.8, 4) is 17.8 Å². The minimum Gasteiger partial charge on any atom is -0.410 e. The van der Waals surface area contributed by atoms with Gasteiger partial charge < -0.3 is 9.47 Å². The molecule has 0 radical (unpaired) electrons. The normalized spacial score (nSPS) is 14.2. The molecular weight excluding hydrogens is 562 g/mol. The first-order valence-electron chi connectivity index (χ1n) is 9.48. The number of ether oxygens (including phenoxy) is 2. The van der Waals surface area contributed by atoms with E-state index in [4.69, 9.17) is 5.26 Å². The van der Waals surface area contributed by atoms with Gasteiger partial charge in [0.2, 0.25) is 11.8 Å². The predicted molar refractivity (Wildman–Crippen MR) is 99.0 cm³/mol. The molecule has 2 atom stereocenters. The fraction of sp³-hybridized carbons (Fsp3) is 0.556. The molecular formula is C18H15F12N5O3. The molecule has 2 aromatic rings. The largest absolute Gasteiger partial charge is 0.440 e. The fourth-order valence-corrected chi connectivity index (χ4v) is 2.48. The van der Waals surface area contributed by atoms with Gasteiger partial charge in [0.15, 0.2) is 6.29 Å². The summed E-state index contributed by atoms with van der Waals surface area (Å²) in [6.07, 6.45) is -30.6. The third-order valence-electron chi connectivity index (χ3n) is 4.38. The second-order valence-corrected chi connectivity index (χ2v) is 7.21. The van der Waals surface area contributed by atoms with Gasteiger partial charge in [-0.15, -0.1) is 10.2 Å². The average Bonchev–Trinajstić information content (AvgIpc) is 3.18. The summed E-state index contributed by atoms with van der Waals surface area (Å²) in [7, 11) is 2.39. The van der Waals surface area contributed by atoms with Crippen LogP contribution in [0.2, 0.25) is 0 Å². The molecule has 0 bridgehead atoms. The summed E-state index contributed by atoms with van der Waals surface area (Å²) in [5.74, 6) is -1.88. The lowest BCUT2D eigenvalue weighted by atomic mass is 10.3. The van der Waals surface area contributed by atoms with E-state index in [0.29, 0.717) is 0 Å². The lowest BCUT2D eigenvalue weighted by molar-refractivity contribution is -0.306. The third-order valence-corrected chi connectivity index (χ3v) is 4.38. The Morgan fingerprint density at radius 1 is 0.789 bits per heavy atom. The number of alkyl halides is 12. The quantitative estimate of drug-likeness (QED) is 0.344. The van der Waals surface area contributed by atoms with Crippen LogP contribution in [-0.4, -0.2) is 62.8 Å². The van der Waals surface area contributed by atoms with Gasteiger partial charge in [-0.3, -0.25) is 14.2 Å². The molecule has 0 spiro atoms. The maximum Gasteiger partial charge on any atom is 0.440 e. The Kier molecular flexibility index (Phi) is 9.36. The molecule has 2 rings (SSSR count). The van der Waals surface area contributed by atoms with Gasteiger partial charge in [-0.1, -0.05) is 0 Å². The van der Waals surface area contributed by atoms with E-state index in [-0.39, 0.29) is 28.8 Å². The number of rotatable bonds is 7. The van der Waals surface area contributed by atoms with Crippen molar-refractivity contribution in [3.05, 3.63) is 22.5 Å². The summed E-state index contributed by atoms with van der Waals surface area (Å²) in [4.78, 5) is 10.6. The molecule has 20 heteroatoms. The minimum absolute atomic E-state index is 0.173. The molecule has 0 aliphatic carbocycles. The van der Waals surface area contributed by atoms with Crippen molar-refractivity contribution < 1.29 is 67.0 Å². The van der Waals surface area contributed by atoms with Crippen LogP contribution in [0.25, 0.3) is 0 Å². The van der Waals surface area contributed by atoms with Crippen molar-refractivity contribution in [2.45, 2.75) is 50.8 Å². The van der Waals surface area contributed by atoms with E-state index in [0.717, 1.165) is 23.2 Å². The third kappa shape index (κ3) is 7.22. The van der Waals surface area contributed by atoms with Gasteiger partial charge in [-0.25, -0.2) is 8.78 Å². The van der Waals surface area contributed by atoms with Gasteiger partial charge in [0, 0.05) is 25.2 Å². The second-order valence-electron chi connectivity index (χ2n) is 7.21. The van der Waals surface area contributed by atoms with Crippen LogP contribution in [0, 0.1) is 25.2 Å². The molecule has 0 saturated heterocycles. The number of hydrogen-bond donors (Lipinski definition) is 0. The summed E-state index contributed by atoms with van der Waals surface area (Å²) >= 11 is 0. The van der Waals surface area contributed by atoms with Gasteiger partial charge in [0.1, 0.15) is 17.5 Å². The maximum absolute atomic E-state index is 13.0. The Bertz CT molecular complexity index is 1180. The summed E-state index contributed by atoms with van der Waals surface area (Å²) in [6, 6.07) is 1.59. The number of carbonyl (C=O) groups is 1. The van der Waals surface area contributed by atoms with Crippen LogP contribution < -0.4 is 9.47 Å². The van der Waals surface area contributed by atoms with Gasteiger partial charge >= 0.3 is 24.6 Å². The van der Waals surface area contributed by atoms with E-state index in [9.17, 15) is 57.5 Å². The van der Waals surface area contributed by atoms with E-state index in [1.54, 1.807) is 6.07 Å². The molecule has 0 aromatic carbocycles. The van der Waals surface area contributed by atoms with Crippen LogP contribution in [0.15, 0.2) is 0 Å². The number of aryl methyl sites for hydroxylation is 2. The van der Waals surface area contributed by atoms with Crippen molar-refractivity contribution in [2.75, 3.05) is 0 Å². The Morgan fingerprint density at radius 2 is 1.16 bits per heavy atom. The lowest BCUT2D eigenvalue weighted by Crippen LogP contribution is -2.45. The second kappa shape index (κ2) is 11.0. The van der Waals surface area contributed by atoms with Gasteiger partial charge in [-0.2, -0.15) is 49.2 Å². The maximum atomic E-state index is 13.0. The standard InChI is InChI=1S/C9H7F6N3O.C9H8F6N2O2/c1-4-5(3-16)18(2)17-6(4)19-9(14,15)7(10)8(11,12)13;1-4-5(3-18)17(2)16-6(4)19-9(14,15)7(10)8(11,12)13/h7H,1-2H3;3,7H,1-2H3. The molecule has 8 nitrogen and oxygen atoms in total. The Labute approximate surface area is 204 Å². The SMILES string of the molecule is Cc1c(OC(F)(F)C(F)C(F)(F)F)nn(C)c1C#N.Cc1c(OC(F)(F)C(F)C(F)(F)F)nn(C)c1C=O. The van der Waals surface area contributed by atoms with E-state index >= 15 is 0 Å². The molecule has 0 N–H and O–H groups in total. The Morgan fingerprint density at radius 3 is 1.45 bits per heavy atom. The fourth-order valence-electron chi connectivity index (χ4n) is 2.48. The average molecular weight is 577 g/mol. The zero-order valence-electron chi connectivity index (χ0n) is 19.2. The number of aromatic nitrogens is 4. The highest BCUT2D eigenvalue weighted by Crippen LogP contribution is 2.38. The highest BCUT2D eigenvalue weighted by Gasteiger charge is 2.60. The van der Waals surface area contributed by atoms with Gasteiger partial charge in [0.25, 0.3) is 12.3 Å². The lowest BCUT2D eigenvalue weighted by Gasteiger charge is -2.22. The van der Waals surface area contributed by atoms with Crippen molar-refractivity contribution in [1.82, 2.24) is 19.6 Å². The van der Waals surface area contributed by atoms with Crippen molar-refractivity contribution in [2.24, 2.45) is 14.1 Å². The van der Waals surface area contributed by atoms with Crippen molar-refractivity contribution in [3.63, 3.8) is 0 Å². The minimum atomic E-state index is -5.78. The highest BCUT2D eigenvalue weighted by atomic mass is 19.4. The molecule has 0 saturated carbocycles. The molecule has 2 aromatic heterocycles. The molecule has 38 heavy (non-hydrogen) atoms. The zero-order valence-corrected chi connectivity index (χ0v) is 19.2. The smallest absolute Gasteiger partial charge is 0.410 e. The van der Waals surface area contributed by atoms with Gasteiger partial charge in [0.05, 0.1) is 0 Å². The Hall–Kier alpha value is -3.66. The number of nitrogens with zero attached hydrogens (tertiary/aromatic N) is 5. The molecule has 0 amide bonds. The van der Waals surface area contributed by atoms with Crippen LogP contribution in [0.4, 0.5) is 52.7 Å². The van der Waals surface area contributed by atoms with Crippen molar-refractivity contribution >= 4 is 6.29 Å². The number of halogens is 12. The first-order chi connectivity index (χ1) is 17.0. The molecule has 214 valence electrons. The molecule has 2 heterocycles. The van der Waals surface area contributed by atoms with Gasteiger partial charge in [-0.05, 0) is 13.8 Å². The predicted octanol–water partition coefficient (Wildman–Crippen LogP) is 4.89. The number of hydrogen-bond acceptors (Lipinski definition) is 6. The molecule has 0 fully saturated rings. The summed E-state index contributed by atoms with van der Waals surface area (Å²) in [5.41, 5.74) is -0.785. The first kappa shape index (κ1) is 32.4. The van der Waals surface area contributed by atoms with E-state index < -0.39 is 48.7 Å². The summed E-state index contributed by atoms with van der Waals surface area (Å²) < 4.78 is 157. The molecule has 0 aliphatic rings. The number of carbonyl (C=O) groups excluding carboxylic acids is 1. The highest BCUT2D eigenvalue weighted by molar-refractivity contribution is 5.75. The van der Waals surface area contributed by atoms with Crippen LogP contribution in [0.3, 0.4) is 0 Å². The van der Waals surface area contributed by atoms with Crippen LogP contribution in [0.5, 0.6) is 11.8 Å². The summed E-state index contributed by atoms with van der Waals surface area (Å²) in [6.45, 7) is 2.26. The molecule has 0 aliphatic heterocycles. The van der Waals surface area contributed by atoms with Crippen LogP contribution >= 0.6 is 0 Å². The number of aldehydes is 1. The zero-order chi connectivity index (χ0) is 30.0. The van der Waals surface area contributed by atoms with E-state index in [1.165, 1.54) is 14.1 Å². The molecule has 2 unspecified atom stereocenters.